The van der Waals surface area contributed by atoms with Gasteiger partial charge < -0.3 is 29.5 Å². The summed E-state index contributed by atoms with van der Waals surface area (Å²) in [6.07, 6.45) is 0. The Morgan fingerprint density at radius 2 is 1.41 bits per heavy atom. The van der Waals surface area contributed by atoms with Crippen LogP contribution in [0.5, 0.6) is 0 Å². The molecule has 0 saturated heterocycles. The fourth-order valence-electron chi connectivity index (χ4n) is 1.84. The predicted molar refractivity (Wildman–Crippen MR) is 92.3 cm³/mol. The normalized spacial score (nSPS) is 11.0. The summed E-state index contributed by atoms with van der Waals surface area (Å²) in [5, 5.41) is 26.7. The fraction of sp³-hybridized carbons (Fsp3) is 0.500. The van der Waals surface area contributed by atoms with Gasteiger partial charge in [-0.3, -0.25) is 0 Å². The van der Waals surface area contributed by atoms with Gasteiger partial charge in [-0.25, -0.2) is 14.4 Å². The Balaban J connectivity index is 3.12. The molecule has 9 heteroatoms. The topological polar surface area (TPSA) is 140 Å². The molecular weight excluding hydrogens is 360 g/mol. The number of carbonyl (C=O) groups is 3. The molecule has 0 amide bonds. The van der Waals surface area contributed by atoms with Crippen LogP contribution in [-0.4, -0.2) is 72.9 Å². The van der Waals surface area contributed by atoms with Crippen molar-refractivity contribution in [1.29, 1.82) is 0 Å². The van der Waals surface area contributed by atoms with Crippen molar-refractivity contribution in [3.05, 3.63) is 34.9 Å². The SMILES string of the molecule is CC(C)(CO)COC(=O)c1ccc(C(=O)OCCO)cc1C(=O)OCCO. The molecule has 0 spiro atoms. The number of aliphatic hydroxyl groups excluding tert-OH is 3. The molecule has 0 aromatic heterocycles. The van der Waals surface area contributed by atoms with Gasteiger partial charge >= 0.3 is 17.9 Å². The van der Waals surface area contributed by atoms with E-state index in [0.717, 1.165) is 6.07 Å². The van der Waals surface area contributed by atoms with Crippen molar-refractivity contribution in [2.75, 3.05) is 39.6 Å². The monoisotopic (exact) mass is 384 g/mol. The van der Waals surface area contributed by atoms with E-state index in [-0.39, 0.29) is 49.7 Å². The van der Waals surface area contributed by atoms with E-state index in [1.54, 1.807) is 13.8 Å². The molecule has 0 aliphatic rings. The fourth-order valence-corrected chi connectivity index (χ4v) is 1.84. The van der Waals surface area contributed by atoms with Gasteiger partial charge in [0.15, 0.2) is 0 Å². The average molecular weight is 384 g/mol. The zero-order valence-corrected chi connectivity index (χ0v) is 15.3. The van der Waals surface area contributed by atoms with Crippen molar-refractivity contribution in [2.24, 2.45) is 5.41 Å². The van der Waals surface area contributed by atoms with Crippen LogP contribution in [0.1, 0.15) is 44.9 Å². The molecule has 0 bridgehead atoms. The van der Waals surface area contributed by atoms with Gasteiger partial charge in [0.2, 0.25) is 0 Å². The quantitative estimate of drug-likeness (QED) is 0.380. The van der Waals surface area contributed by atoms with E-state index < -0.39 is 29.9 Å². The van der Waals surface area contributed by atoms with E-state index in [9.17, 15) is 19.5 Å². The number of rotatable bonds is 10. The Labute approximate surface area is 156 Å². The molecule has 0 fully saturated rings. The molecule has 150 valence electrons. The van der Waals surface area contributed by atoms with Crippen molar-refractivity contribution >= 4 is 17.9 Å². The van der Waals surface area contributed by atoms with Crippen LogP contribution in [0, 0.1) is 5.41 Å². The molecule has 27 heavy (non-hydrogen) atoms. The lowest BCUT2D eigenvalue weighted by molar-refractivity contribution is 0.0210. The lowest BCUT2D eigenvalue weighted by atomic mass is 9.96. The lowest BCUT2D eigenvalue weighted by Gasteiger charge is -2.21. The first-order chi connectivity index (χ1) is 12.8. The summed E-state index contributed by atoms with van der Waals surface area (Å²) in [7, 11) is 0. The Kier molecular flexibility index (Phi) is 8.86. The van der Waals surface area contributed by atoms with E-state index in [2.05, 4.69) is 0 Å². The van der Waals surface area contributed by atoms with Crippen LogP contribution >= 0.6 is 0 Å². The van der Waals surface area contributed by atoms with Crippen molar-refractivity contribution in [1.82, 2.24) is 0 Å². The molecule has 1 aromatic rings. The van der Waals surface area contributed by atoms with Crippen molar-refractivity contribution < 1.29 is 43.9 Å². The Bertz CT molecular complexity index is 667. The summed E-state index contributed by atoms with van der Waals surface area (Å²) < 4.78 is 14.7. The zero-order valence-electron chi connectivity index (χ0n) is 15.3. The molecule has 1 rings (SSSR count). The highest BCUT2D eigenvalue weighted by molar-refractivity contribution is 6.05. The van der Waals surface area contributed by atoms with Gasteiger partial charge in [0.25, 0.3) is 0 Å². The molecule has 0 atom stereocenters. The van der Waals surface area contributed by atoms with Gasteiger partial charge in [0.05, 0.1) is 43.1 Å². The number of hydrogen-bond acceptors (Lipinski definition) is 9. The van der Waals surface area contributed by atoms with Crippen LogP contribution in [0.25, 0.3) is 0 Å². The Morgan fingerprint density at radius 3 is 1.96 bits per heavy atom. The van der Waals surface area contributed by atoms with Crippen molar-refractivity contribution in [3.63, 3.8) is 0 Å². The molecule has 0 aliphatic heterocycles. The first-order valence-corrected chi connectivity index (χ1v) is 8.23. The average Bonchev–Trinajstić information content (AvgIpc) is 2.67. The second-order valence-corrected chi connectivity index (χ2v) is 6.38. The van der Waals surface area contributed by atoms with E-state index in [1.165, 1.54) is 12.1 Å². The number of benzene rings is 1. The van der Waals surface area contributed by atoms with Crippen LogP contribution in [0.15, 0.2) is 18.2 Å². The Hall–Kier alpha value is -2.49. The van der Waals surface area contributed by atoms with Crippen molar-refractivity contribution in [2.45, 2.75) is 13.8 Å². The summed E-state index contributed by atoms with van der Waals surface area (Å²) >= 11 is 0. The largest absolute Gasteiger partial charge is 0.461 e. The lowest BCUT2D eigenvalue weighted by Crippen LogP contribution is -2.26. The summed E-state index contributed by atoms with van der Waals surface area (Å²) in [5.41, 5.74) is -1.05. The van der Waals surface area contributed by atoms with Crippen LogP contribution < -0.4 is 0 Å². The number of carbonyl (C=O) groups excluding carboxylic acids is 3. The van der Waals surface area contributed by atoms with Crippen LogP contribution in [-0.2, 0) is 14.2 Å². The molecule has 1 aromatic carbocycles. The van der Waals surface area contributed by atoms with Gasteiger partial charge in [-0.15, -0.1) is 0 Å². The highest BCUT2D eigenvalue weighted by atomic mass is 16.5. The van der Waals surface area contributed by atoms with Crippen LogP contribution in [0.2, 0.25) is 0 Å². The zero-order chi connectivity index (χ0) is 20.4. The first kappa shape index (κ1) is 22.6. The van der Waals surface area contributed by atoms with E-state index in [4.69, 9.17) is 24.4 Å². The number of ether oxygens (including phenoxy) is 3. The molecule has 0 aliphatic carbocycles. The summed E-state index contributed by atoms with van der Waals surface area (Å²) in [6, 6.07) is 3.61. The van der Waals surface area contributed by atoms with E-state index in [0.29, 0.717) is 0 Å². The minimum Gasteiger partial charge on any atom is -0.461 e. The van der Waals surface area contributed by atoms with Gasteiger partial charge in [-0.05, 0) is 18.2 Å². The molecule has 9 nitrogen and oxygen atoms in total. The third-order valence-corrected chi connectivity index (χ3v) is 3.37. The highest BCUT2D eigenvalue weighted by Gasteiger charge is 2.25. The van der Waals surface area contributed by atoms with Gasteiger partial charge in [0.1, 0.15) is 13.2 Å². The third kappa shape index (κ3) is 6.97. The molecule has 0 heterocycles. The number of esters is 3. The van der Waals surface area contributed by atoms with Gasteiger partial charge in [-0.1, -0.05) is 13.8 Å². The molecule has 0 radical (unpaired) electrons. The summed E-state index contributed by atoms with van der Waals surface area (Å²) in [4.78, 5) is 36.5. The maximum absolute atomic E-state index is 12.3. The summed E-state index contributed by atoms with van der Waals surface area (Å²) in [5.74, 6) is -2.54. The minimum absolute atomic E-state index is 0.0216. The highest BCUT2D eigenvalue weighted by Crippen LogP contribution is 2.19. The van der Waals surface area contributed by atoms with E-state index in [1.807, 2.05) is 0 Å². The first-order valence-electron chi connectivity index (χ1n) is 8.23. The van der Waals surface area contributed by atoms with Crippen LogP contribution in [0.4, 0.5) is 0 Å². The smallest absolute Gasteiger partial charge is 0.339 e. The van der Waals surface area contributed by atoms with E-state index >= 15 is 0 Å². The number of aliphatic hydroxyl groups is 3. The maximum atomic E-state index is 12.3. The molecule has 0 saturated carbocycles. The predicted octanol–water partition coefficient (Wildman–Crippen LogP) is 0.160. The number of hydrogen-bond donors (Lipinski definition) is 3. The van der Waals surface area contributed by atoms with Crippen LogP contribution in [0.3, 0.4) is 0 Å². The summed E-state index contributed by atoms with van der Waals surface area (Å²) in [6.45, 7) is 1.81. The second kappa shape index (κ2) is 10.6. The molecule has 3 N–H and O–H groups in total. The Morgan fingerprint density at radius 1 is 0.852 bits per heavy atom. The minimum atomic E-state index is -0.922. The van der Waals surface area contributed by atoms with Crippen molar-refractivity contribution in [3.8, 4) is 0 Å². The third-order valence-electron chi connectivity index (χ3n) is 3.37. The molecule has 0 unspecified atom stereocenters. The van der Waals surface area contributed by atoms with Gasteiger partial charge in [-0.2, -0.15) is 0 Å². The standard InChI is InChI=1S/C18H24O9/c1-18(2,10-21)11-27-16(23)13-4-3-12(15(22)25-7-5-19)9-14(13)17(24)26-8-6-20/h3-4,9,19-21H,5-8,10-11H2,1-2H3. The maximum Gasteiger partial charge on any atom is 0.339 e. The second-order valence-electron chi connectivity index (χ2n) is 6.38. The molecular formula is C18H24O9. The van der Waals surface area contributed by atoms with Gasteiger partial charge in [0, 0.05) is 5.41 Å².